The number of hydrazine groups is 1. The van der Waals surface area contributed by atoms with Crippen LogP contribution in [0.3, 0.4) is 0 Å². The Morgan fingerprint density at radius 2 is 2.00 bits per heavy atom. The molecule has 0 fully saturated rings. The molecule has 0 spiro atoms. The highest BCUT2D eigenvalue weighted by molar-refractivity contribution is 14.1. The van der Waals surface area contributed by atoms with Crippen LogP contribution in [-0.4, -0.2) is 19.6 Å². The zero-order chi connectivity index (χ0) is 13.8. The first kappa shape index (κ1) is 15.5. The summed E-state index contributed by atoms with van der Waals surface area (Å²) >= 11 is 1.65. The Balaban J connectivity index is 2.71. The molecule has 1 aromatic rings. The van der Waals surface area contributed by atoms with Gasteiger partial charge in [-0.05, 0) is 24.1 Å². The molecule has 0 amide bonds. The first-order chi connectivity index (χ1) is 8.31. The predicted molar refractivity (Wildman–Crippen MR) is 73.0 cm³/mol. The quantitative estimate of drug-likeness (QED) is 0.185. The Kier molecular flexibility index (Phi) is 5.70. The van der Waals surface area contributed by atoms with Crippen molar-refractivity contribution in [2.45, 2.75) is 12.5 Å². The Morgan fingerprint density at radius 1 is 1.44 bits per heavy atom. The molecule has 0 radical (unpaired) electrons. The van der Waals surface area contributed by atoms with E-state index >= 15 is 0 Å². The highest BCUT2D eigenvalue weighted by atomic mass is 127. The Bertz CT molecular complexity index is 461. The van der Waals surface area contributed by atoms with E-state index in [1.165, 1.54) is 12.1 Å². The van der Waals surface area contributed by atoms with E-state index in [1.54, 1.807) is 34.7 Å². The van der Waals surface area contributed by atoms with Crippen molar-refractivity contribution in [3.63, 3.8) is 0 Å². The van der Waals surface area contributed by atoms with E-state index in [9.17, 15) is 9.36 Å². The number of phosphoric ester groups is 1. The average Bonchev–Trinajstić information content (AvgIpc) is 2.25. The molecule has 0 heterocycles. The largest absolute Gasteiger partial charge is 0.524 e. The fourth-order valence-corrected chi connectivity index (χ4v) is 2.06. The topological polar surface area (TPSA) is 122 Å². The van der Waals surface area contributed by atoms with Crippen molar-refractivity contribution < 1.29 is 23.7 Å². The molecule has 1 aromatic carbocycles. The summed E-state index contributed by atoms with van der Waals surface area (Å²) in [6, 6.07) is 5.54. The van der Waals surface area contributed by atoms with Crippen LogP contribution in [0, 0.1) is 0 Å². The minimum Gasteiger partial charge on any atom is -0.404 e. The van der Waals surface area contributed by atoms with Gasteiger partial charge in [-0.25, -0.2) is 9.99 Å². The summed E-state index contributed by atoms with van der Waals surface area (Å²) in [4.78, 5) is 28.4. The smallest absolute Gasteiger partial charge is 0.404 e. The Morgan fingerprint density at radius 3 is 2.39 bits per heavy atom. The molecule has 0 aliphatic rings. The number of carbonyl (C=O) groups excluding carboxylic acids is 1. The number of rotatable bonds is 6. The van der Waals surface area contributed by atoms with Crippen molar-refractivity contribution in [2.75, 3.05) is 0 Å². The molecule has 1 atom stereocenters. The number of hydrogen-bond donors (Lipinski definition) is 4. The third kappa shape index (κ3) is 5.42. The lowest BCUT2D eigenvalue weighted by Gasteiger charge is -2.12. The van der Waals surface area contributed by atoms with Gasteiger partial charge >= 0.3 is 7.82 Å². The van der Waals surface area contributed by atoms with Crippen LogP contribution >= 0.6 is 30.4 Å². The van der Waals surface area contributed by atoms with Gasteiger partial charge in [0.05, 0.1) is 6.04 Å². The van der Waals surface area contributed by atoms with Crippen LogP contribution in [0.2, 0.25) is 0 Å². The standard InChI is InChI=1S/C9H12IN2O5P/c10-9(13)8(12-11)5-6-1-3-7(4-2-6)17-18(14,15)16/h1-4,8,12H,5,11H2,(H2,14,15,16)/t8-/m0/s1. The summed E-state index contributed by atoms with van der Waals surface area (Å²) in [5.41, 5.74) is 3.18. The average molecular weight is 386 g/mol. The lowest BCUT2D eigenvalue weighted by Crippen LogP contribution is -2.40. The lowest BCUT2D eigenvalue weighted by molar-refractivity contribution is -0.111. The van der Waals surface area contributed by atoms with Crippen molar-refractivity contribution in [2.24, 2.45) is 5.84 Å². The molecular formula is C9H12IN2O5P. The van der Waals surface area contributed by atoms with Gasteiger partial charge in [0.15, 0.2) is 0 Å². The molecule has 0 unspecified atom stereocenters. The van der Waals surface area contributed by atoms with Crippen LogP contribution in [0.4, 0.5) is 0 Å². The first-order valence-electron chi connectivity index (χ1n) is 4.81. The molecule has 0 bridgehead atoms. The van der Waals surface area contributed by atoms with Gasteiger partial charge in [0.2, 0.25) is 3.79 Å². The Labute approximate surface area is 117 Å². The van der Waals surface area contributed by atoms with Crippen molar-refractivity contribution in [3.8, 4) is 5.75 Å². The molecular weight excluding hydrogens is 374 g/mol. The van der Waals surface area contributed by atoms with Crippen LogP contribution < -0.4 is 15.8 Å². The molecule has 5 N–H and O–H groups in total. The summed E-state index contributed by atoms with van der Waals surface area (Å²) in [5, 5.41) is 0. The third-order valence-electron chi connectivity index (χ3n) is 2.06. The van der Waals surface area contributed by atoms with Gasteiger partial charge in [0, 0.05) is 22.6 Å². The van der Waals surface area contributed by atoms with Gasteiger partial charge in [-0.3, -0.25) is 20.4 Å². The minimum absolute atomic E-state index is 0.0603. The van der Waals surface area contributed by atoms with Crippen molar-refractivity contribution in [1.29, 1.82) is 0 Å². The normalized spacial score (nSPS) is 13.1. The molecule has 0 aliphatic heterocycles. The summed E-state index contributed by atoms with van der Waals surface area (Å²) in [6.45, 7) is 0. The fourth-order valence-electron chi connectivity index (χ4n) is 1.26. The van der Waals surface area contributed by atoms with Crippen LogP contribution in [0.25, 0.3) is 0 Å². The highest BCUT2D eigenvalue weighted by Gasteiger charge is 2.17. The number of benzene rings is 1. The molecule has 1 rings (SSSR count). The van der Waals surface area contributed by atoms with E-state index in [4.69, 9.17) is 15.6 Å². The monoisotopic (exact) mass is 386 g/mol. The molecule has 0 saturated carbocycles. The third-order valence-corrected chi connectivity index (χ3v) is 3.26. The zero-order valence-electron chi connectivity index (χ0n) is 9.12. The molecule has 0 aliphatic carbocycles. The molecule has 100 valence electrons. The number of hydrogen-bond acceptors (Lipinski definition) is 5. The van der Waals surface area contributed by atoms with Crippen molar-refractivity contribution >= 4 is 34.2 Å². The van der Waals surface area contributed by atoms with Gasteiger partial charge in [0.1, 0.15) is 5.75 Å². The summed E-state index contributed by atoms with van der Waals surface area (Å²) in [5.74, 6) is 5.29. The first-order valence-corrected chi connectivity index (χ1v) is 7.42. The van der Waals surface area contributed by atoms with Gasteiger partial charge in [-0.2, -0.15) is 0 Å². The van der Waals surface area contributed by atoms with E-state index in [0.717, 1.165) is 5.56 Å². The molecule has 0 saturated heterocycles. The van der Waals surface area contributed by atoms with Crippen LogP contribution in [0.15, 0.2) is 24.3 Å². The summed E-state index contributed by atoms with van der Waals surface area (Å²) < 4.78 is 14.9. The van der Waals surface area contributed by atoms with Gasteiger partial charge in [-0.1, -0.05) is 12.1 Å². The summed E-state index contributed by atoms with van der Waals surface area (Å²) in [6.07, 6.45) is 0.383. The van der Waals surface area contributed by atoms with E-state index < -0.39 is 13.9 Å². The predicted octanol–water partition coefficient (Wildman–Crippen LogP) is 0.494. The van der Waals surface area contributed by atoms with E-state index in [2.05, 4.69) is 9.95 Å². The molecule has 7 nitrogen and oxygen atoms in total. The second kappa shape index (κ2) is 6.60. The maximum absolute atomic E-state index is 11.2. The maximum atomic E-state index is 11.2. The molecule has 18 heavy (non-hydrogen) atoms. The van der Waals surface area contributed by atoms with Crippen LogP contribution in [-0.2, 0) is 15.8 Å². The van der Waals surface area contributed by atoms with Gasteiger partial charge in [0.25, 0.3) is 0 Å². The number of nitrogens with two attached hydrogens (primary N) is 1. The van der Waals surface area contributed by atoms with Crippen molar-refractivity contribution in [3.05, 3.63) is 29.8 Å². The van der Waals surface area contributed by atoms with E-state index in [-0.39, 0.29) is 9.54 Å². The van der Waals surface area contributed by atoms with Gasteiger partial charge < -0.3 is 4.52 Å². The number of phosphoric acid groups is 1. The second-order valence-electron chi connectivity index (χ2n) is 3.45. The molecule has 9 heteroatoms. The minimum atomic E-state index is -4.54. The SMILES string of the molecule is NN[C@@H](Cc1ccc(OP(=O)(O)O)cc1)C(=O)I. The Hall–Kier alpha value is -0.510. The lowest BCUT2D eigenvalue weighted by atomic mass is 10.1. The van der Waals surface area contributed by atoms with Crippen LogP contribution in [0.1, 0.15) is 5.56 Å². The van der Waals surface area contributed by atoms with Crippen LogP contribution in [0.5, 0.6) is 5.75 Å². The number of carbonyl (C=O) groups is 1. The number of nitrogens with one attached hydrogen (secondary N) is 1. The van der Waals surface area contributed by atoms with E-state index in [1.807, 2.05) is 0 Å². The van der Waals surface area contributed by atoms with Crippen molar-refractivity contribution in [1.82, 2.24) is 5.43 Å². The highest BCUT2D eigenvalue weighted by Crippen LogP contribution is 2.37. The summed E-state index contributed by atoms with van der Waals surface area (Å²) in [7, 11) is -4.54. The maximum Gasteiger partial charge on any atom is 0.524 e. The zero-order valence-corrected chi connectivity index (χ0v) is 12.2. The second-order valence-corrected chi connectivity index (χ2v) is 5.68. The fraction of sp³-hybridized carbons (Fsp3) is 0.222. The number of halogens is 1. The van der Waals surface area contributed by atoms with E-state index in [0.29, 0.717) is 6.42 Å². The van der Waals surface area contributed by atoms with Gasteiger partial charge in [-0.15, -0.1) is 0 Å². The molecule has 0 aromatic heterocycles.